The molecule has 0 unspecified atom stereocenters. The summed E-state index contributed by atoms with van der Waals surface area (Å²) in [7, 11) is 1.21. The maximum absolute atomic E-state index is 11.0. The molecule has 0 aromatic rings. The number of aliphatic hydroxyl groups excluding tert-OH is 1. The molecule has 0 aliphatic rings. The molecular weight excluding hydrogens is 244 g/mol. The lowest BCUT2D eigenvalue weighted by Crippen LogP contribution is -2.12. The average molecular weight is 262 g/mol. The minimum Gasteiger partial charge on any atom is -0.466 e. The second-order valence-electron chi connectivity index (χ2n) is 2.97. The van der Waals surface area contributed by atoms with E-state index in [1.807, 2.05) is 0 Å². The fourth-order valence-electron chi connectivity index (χ4n) is 0.840. The molecule has 104 valence electrons. The molecule has 1 N–H and O–H groups in total. The minimum absolute atomic E-state index is 0.0237. The van der Waals surface area contributed by atoms with Gasteiger partial charge in [-0.25, -0.2) is 9.59 Å². The van der Waals surface area contributed by atoms with Crippen molar-refractivity contribution in [1.82, 2.24) is 0 Å². The van der Waals surface area contributed by atoms with E-state index in [4.69, 9.17) is 19.3 Å². The summed E-state index contributed by atoms with van der Waals surface area (Å²) in [5.74, 6) is -1.26. The van der Waals surface area contributed by atoms with E-state index in [1.54, 1.807) is 0 Å². The van der Waals surface area contributed by atoms with Gasteiger partial charge in [-0.15, -0.1) is 0 Å². The molecular formula is C11H18O7. The monoisotopic (exact) mass is 262 g/mol. The molecule has 0 aromatic heterocycles. The summed E-state index contributed by atoms with van der Waals surface area (Å²) in [5, 5.41) is 8.41. The minimum atomic E-state index is -0.638. The lowest BCUT2D eigenvalue weighted by molar-refractivity contribution is -0.140. The molecule has 0 aromatic carbocycles. The van der Waals surface area contributed by atoms with E-state index in [-0.39, 0.29) is 26.4 Å². The Morgan fingerprint density at radius 2 is 1.50 bits per heavy atom. The van der Waals surface area contributed by atoms with Crippen molar-refractivity contribution in [3.63, 3.8) is 0 Å². The van der Waals surface area contributed by atoms with Crippen molar-refractivity contribution in [1.29, 1.82) is 0 Å². The summed E-state index contributed by atoms with van der Waals surface area (Å²) in [6, 6.07) is 0. The molecule has 7 heteroatoms. The highest BCUT2D eigenvalue weighted by Crippen LogP contribution is 1.85. The molecule has 0 saturated carbocycles. The third-order valence-corrected chi connectivity index (χ3v) is 1.64. The average Bonchev–Trinajstić information content (AvgIpc) is 2.39. The van der Waals surface area contributed by atoms with Gasteiger partial charge in [-0.1, -0.05) is 0 Å². The number of aliphatic hydroxyl groups is 1. The Morgan fingerprint density at radius 1 is 0.944 bits per heavy atom. The number of carbonyl (C=O) groups excluding carboxylic acids is 2. The van der Waals surface area contributed by atoms with Crippen molar-refractivity contribution in [2.75, 3.05) is 46.8 Å². The quantitative estimate of drug-likeness (QED) is 0.316. The van der Waals surface area contributed by atoms with Gasteiger partial charge in [-0.2, -0.15) is 0 Å². The van der Waals surface area contributed by atoms with Gasteiger partial charge in [-0.3, -0.25) is 0 Å². The summed E-state index contributed by atoms with van der Waals surface area (Å²) in [4.78, 5) is 21.7. The summed E-state index contributed by atoms with van der Waals surface area (Å²) in [5.41, 5.74) is 0. The molecule has 18 heavy (non-hydrogen) atoms. The highest BCUT2D eigenvalue weighted by atomic mass is 16.6. The smallest absolute Gasteiger partial charge is 0.331 e. The van der Waals surface area contributed by atoms with E-state index in [9.17, 15) is 9.59 Å². The fourth-order valence-corrected chi connectivity index (χ4v) is 0.840. The molecule has 0 atom stereocenters. The molecule has 0 saturated heterocycles. The maximum atomic E-state index is 11.0. The number of hydrogen-bond donors (Lipinski definition) is 1. The van der Waals surface area contributed by atoms with Crippen LogP contribution in [0.4, 0.5) is 0 Å². The van der Waals surface area contributed by atoms with E-state index in [1.165, 1.54) is 7.11 Å². The number of rotatable bonds is 10. The van der Waals surface area contributed by atoms with Gasteiger partial charge in [0.25, 0.3) is 0 Å². The van der Waals surface area contributed by atoms with Gasteiger partial charge in [0.05, 0.1) is 40.1 Å². The van der Waals surface area contributed by atoms with Crippen LogP contribution in [0.1, 0.15) is 0 Å². The largest absolute Gasteiger partial charge is 0.466 e. The van der Waals surface area contributed by atoms with Crippen LogP contribution in [0.5, 0.6) is 0 Å². The molecule has 0 bridgehead atoms. The first kappa shape index (κ1) is 16.6. The van der Waals surface area contributed by atoms with E-state index in [0.717, 1.165) is 12.2 Å². The first-order valence-electron chi connectivity index (χ1n) is 5.40. The van der Waals surface area contributed by atoms with Gasteiger partial charge in [-0.05, 0) is 0 Å². The van der Waals surface area contributed by atoms with Crippen LogP contribution in [0.15, 0.2) is 12.2 Å². The third kappa shape index (κ3) is 11.1. The zero-order valence-electron chi connectivity index (χ0n) is 10.3. The van der Waals surface area contributed by atoms with Gasteiger partial charge in [0.15, 0.2) is 0 Å². The van der Waals surface area contributed by atoms with Crippen LogP contribution in [-0.2, 0) is 28.5 Å². The number of esters is 2. The predicted octanol–water partition coefficient (Wildman–Crippen LogP) is -0.716. The van der Waals surface area contributed by atoms with Crippen LogP contribution in [0.2, 0.25) is 0 Å². The molecule has 0 heterocycles. The Balaban J connectivity index is 3.35. The zero-order valence-corrected chi connectivity index (χ0v) is 10.3. The van der Waals surface area contributed by atoms with Crippen molar-refractivity contribution in [2.45, 2.75) is 0 Å². The number of hydrogen-bond acceptors (Lipinski definition) is 7. The Bertz CT molecular complexity index is 262. The van der Waals surface area contributed by atoms with Crippen LogP contribution in [-0.4, -0.2) is 63.8 Å². The number of carbonyl (C=O) groups is 2. The maximum Gasteiger partial charge on any atom is 0.331 e. The Hall–Kier alpha value is -1.44. The van der Waals surface area contributed by atoms with Crippen LogP contribution >= 0.6 is 0 Å². The van der Waals surface area contributed by atoms with Gasteiger partial charge in [0, 0.05) is 12.2 Å². The highest BCUT2D eigenvalue weighted by molar-refractivity contribution is 5.91. The predicted molar refractivity (Wildman–Crippen MR) is 60.8 cm³/mol. The zero-order chi connectivity index (χ0) is 13.6. The second kappa shape index (κ2) is 12.0. The van der Waals surface area contributed by atoms with E-state index in [0.29, 0.717) is 13.2 Å². The van der Waals surface area contributed by atoms with Crippen molar-refractivity contribution in [3.05, 3.63) is 12.2 Å². The highest BCUT2D eigenvalue weighted by Gasteiger charge is 1.99. The molecule has 0 radical (unpaired) electrons. The lowest BCUT2D eigenvalue weighted by atomic mass is 10.5. The number of methoxy groups -OCH3 is 1. The third-order valence-electron chi connectivity index (χ3n) is 1.64. The molecule has 7 nitrogen and oxygen atoms in total. The van der Waals surface area contributed by atoms with E-state index < -0.39 is 11.9 Å². The second-order valence-corrected chi connectivity index (χ2v) is 2.97. The van der Waals surface area contributed by atoms with Crippen molar-refractivity contribution in [3.8, 4) is 0 Å². The van der Waals surface area contributed by atoms with E-state index in [2.05, 4.69) is 4.74 Å². The topological polar surface area (TPSA) is 91.3 Å². The van der Waals surface area contributed by atoms with Crippen LogP contribution < -0.4 is 0 Å². The standard InChI is InChI=1S/C11H18O7/c1-15-10(13)2-3-11(14)18-9-8-17-7-6-16-5-4-12/h2-3,12H,4-9H2,1H3/b3-2+. The Morgan fingerprint density at radius 3 is 2.11 bits per heavy atom. The first-order chi connectivity index (χ1) is 8.70. The SMILES string of the molecule is COC(=O)/C=C/C(=O)OCCOCCOCCO. The van der Waals surface area contributed by atoms with Crippen molar-refractivity contribution < 1.29 is 33.6 Å². The summed E-state index contributed by atoms with van der Waals surface area (Å²) >= 11 is 0. The summed E-state index contributed by atoms with van der Waals surface area (Å²) in [6.45, 7) is 1.30. The molecule has 0 fully saturated rings. The normalized spacial score (nSPS) is 10.6. The summed E-state index contributed by atoms with van der Waals surface area (Å²) < 4.78 is 19.0. The molecule has 0 aliphatic heterocycles. The van der Waals surface area contributed by atoms with Crippen LogP contribution in [0.3, 0.4) is 0 Å². The lowest BCUT2D eigenvalue weighted by Gasteiger charge is -2.04. The fraction of sp³-hybridized carbons (Fsp3) is 0.636. The molecule has 0 rings (SSSR count). The van der Waals surface area contributed by atoms with Crippen LogP contribution in [0.25, 0.3) is 0 Å². The van der Waals surface area contributed by atoms with Crippen molar-refractivity contribution >= 4 is 11.9 Å². The van der Waals surface area contributed by atoms with Gasteiger partial charge < -0.3 is 24.1 Å². The molecule has 0 aliphatic carbocycles. The Kier molecular flexibility index (Phi) is 11.1. The Labute approximate surface area is 105 Å². The molecule has 0 spiro atoms. The molecule has 0 amide bonds. The number of ether oxygens (including phenoxy) is 4. The summed E-state index contributed by atoms with van der Waals surface area (Å²) in [6.07, 6.45) is 1.96. The van der Waals surface area contributed by atoms with Crippen molar-refractivity contribution in [2.24, 2.45) is 0 Å². The van der Waals surface area contributed by atoms with Gasteiger partial charge in [0.2, 0.25) is 0 Å². The first-order valence-corrected chi connectivity index (χ1v) is 5.40. The van der Waals surface area contributed by atoms with Crippen LogP contribution in [0, 0.1) is 0 Å². The van der Waals surface area contributed by atoms with Gasteiger partial charge >= 0.3 is 11.9 Å². The van der Waals surface area contributed by atoms with E-state index >= 15 is 0 Å². The van der Waals surface area contributed by atoms with Gasteiger partial charge in [0.1, 0.15) is 6.61 Å².